The van der Waals surface area contributed by atoms with E-state index in [0.29, 0.717) is 27.6 Å². The van der Waals surface area contributed by atoms with Crippen molar-refractivity contribution in [2.24, 2.45) is 5.73 Å². The summed E-state index contributed by atoms with van der Waals surface area (Å²) in [5.41, 5.74) is 7.14. The zero-order valence-corrected chi connectivity index (χ0v) is 11.9. The number of hydrogen-bond acceptors (Lipinski definition) is 3. The Labute approximate surface area is 122 Å². The molecule has 5 heteroatoms. The zero-order valence-electron chi connectivity index (χ0n) is 11.2. The summed E-state index contributed by atoms with van der Waals surface area (Å²) >= 11 is 5.75. The minimum Gasteiger partial charge on any atom is -0.493 e. The van der Waals surface area contributed by atoms with Gasteiger partial charge < -0.3 is 15.2 Å². The molecular weight excluding hydrogens is 281 g/mol. The average Bonchev–Trinajstić information content (AvgIpc) is 2.45. The van der Waals surface area contributed by atoms with Crippen LogP contribution in [0.2, 0.25) is 5.02 Å². The number of benzene rings is 2. The molecule has 2 rings (SSSR count). The molecule has 2 N–H and O–H groups in total. The van der Waals surface area contributed by atoms with Gasteiger partial charge in [-0.25, -0.2) is 4.39 Å². The SMILES string of the molecule is COc1cccc(C(N)c2ccc(Cl)cc2F)c1OC. The first-order chi connectivity index (χ1) is 9.58. The van der Waals surface area contributed by atoms with Gasteiger partial charge in [0.25, 0.3) is 0 Å². The predicted octanol–water partition coefficient (Wildman–Crippen LogP) is 3.54. The van der Waals surface area contributed by atoms with Gasteiger partial charge in [-0.3, -0.25) is 0 Å². The van der Waals surface area contributed by atoms with Gasteiger partial charge in [0.15, 0.2) is 11.5 Å². The number of nitrogens with two attached hydrogens (primary N) is 1. The van der Waals surface area contributed by atoms with Crippen LogP contribution in [0, 0.1) is 5.82 Å². The summed E-state index contributed by atoms with van der Waals surface area (Å²) < 4.78 is 24.5. The van der Waals surface area contributed by atoms with Gasteiger partial charge in [-0.2, -0.15) is 0 Å². The molecule has 3 nitrogen and oxygen atoms in total. The lowest BCUT2D eigenvalue weighted by molar-refractivity contribution is 0.350. The van der Waals surface area contributed by atoms with Crippen molar-refractivity contribution in [3.63, 3.8) is 0 Å². The van der Waals surface area contributed by atoms with Crippen molar-refractivity contribution in [1.82, 2.24) is 0 Å². The minimum atomic E-state index is -0.669. The van der Waals surface area contributed by atoms with E-state index in [2.05, 4.69) is 0 Å². The fourth-order valence-electron chi connectivity index (χ4n) is 2.08. The van der Waals surface area contributed by atoms with Crippen molar-refractivity contribution in [1.29, 1.82) is 0 Å². The van der Waals surface area contributed by atoms with Gasteiger partial charge in [-0.1, -0.05) is 29.8 Å². The Morgan fingerprint density at radius 3 is 2.45 bits per heavy atom. The Hall–Kier alpha value is -1.78. The third kappa shape index (κ3) is 2.71. The number of hydrogen-bond donors (Lipinski definition) is 1. The largest absolute Gasteiger partial charge is 0.493 e. The lowest BCUT2D eigenvalue weighted by Crippen LogP contribution is -2.15. The fourth-order valence-corrected chi connectivity index (χ4v) is 2.24. The van der Waals surface area contributed by atoms with Gasteiger partial charge in [-0.15, -0.1) is 0 Å². The summed E-state index contributed by atoms with van der Waals surface area (Å²) in [4.78, 5) is 0. The van der Waals surface area contributed by atoms with E-state index in [-0.39, 0.29) is 0 Å². The highest BCUT2D eigenvalue weighted by molar-refractivity contribution is 6.30. The van der Waals surface area contributed by atoms with E-state index in [4.69, 9.17) is 26.8 Å². The van der Waals surface area contributed by atoms with E-state index in [1.807, 2.05) is 0 Å². The van der Waals surface area contributed by atoms with E-state index >= 15 is 0 Å². The molecule has 0 saturated heterocycles. The van der Waals surface area contributed by atoms with E-state index in [1.54, 1.807) is 30.3 Å². The molecule has 0 radical (unpaired) electrons. The summed E-state index contributed by atoms with van der Waals surface area (Å²) in [5, 5.41) is 0.330. The van der Waals surface area contributed by atoms with Crippen LogP contribution >= 0.6 is 11.6 Å². The normalized spacial score (nSPS) is 12.1. The highest BCUT2D eigenvalue weighted by atomic mass is 35.5. The molecule has 0 fully saturated rings. The number of rotatable bonds is 4. The number of halogens is 2. The summed E-state index contributed by atoms with van der Waals surface area (Å²) in [6.07, 6.45) is 0. The van der Waals surface area contributed by atoms with Crippen LogP contribution in [0.4, 0.5) is 4.39 Å². The maximum Gasteiger partial charge on any atom is 0.165 e. The first-order valence-corrected chi connectivity index (χ1v) is 6.37. The van der Waals surface area contributed by atoms with Gasteiger partial charge in [-0.05, 0) is 18.2 Å². The lowest BCUT2D eigenvalue weighted by Gasteiger charge is -2.18. The second kappa shape index (κ2) is 6.11. The average molecular weight is 296 g/mol. The third-order valence-electron chi connectivity index (χ3n) is 3.07. The highest BCUT2D eigenvalue weighted by Gasteiger charge is 2.20. The molecule has 0 aromatic heterocycles. The zero-order chi connectivity index (χ0) is 14.7. The van der Waals surface area contributed by atoms with Crippen LogP contribution in [0.3, 0.4) is 0 Å². The van der Waals surface area contributed by atoms with Gasteiger partial charge in [0.1, 0.15) is 5.82 Å². The molecule has 0 bridgehead atoms. The van der Waals surface area contributed by atoms with Crippen molar-refractivity contribution < 1.29 is 13.9 Å². The Kier molecular flexibility index (Phi) is 4.47. The summed E-state index contributed by atoms with van der Waals surface area (Å²) in [5.74, 6) is 0.599. The molecule has 1 atom stereocenters. The molecule has 0 saturated carbocycles. The van der Waals surface area contributed by atoms with Crippen molar-refractivity contribution >= 4 is 11.6 Å². The molecule has 2 aromatic carbocycles. The van der Waals surface area contributed by atoms with Crippen LogP contribution in [0.15, 0.2) is 36.4 Å². The van der Waals surface area contributed by atoms with Crippen molar-refractivity contribution in [2.75, 3.05) is 14.2 Å². The van der Waals surface area contributed by atoms with Crippen LogP contribution < -0.4 is 15.2 Å². The lowest BCUT2D eigenvalue weighted by atomic mass is 9.98. The summed E-state index contributed by atoms with van der Waals surface area (Å²) in [6, 6.07) is 9.06. The molecule has 0 spiro atoms. The number of methoxy groups -OCH3 is 2. The molecule has 0 heterocycles. The molecular formula is C15H15ClFNO2. The third-order valence-corrected chi connectivity index (χ3v) is 3.30. The predicted molar refractivity (Wildman–Crippen MR) is 77.0 cm³/mol. The first kappa shape index (κ1) is 14.6. The van der Waals surface area contributed by atoms with E-state index in [9.17, 15) is 4.39 Å². The Bertz CT molecular complexity index is 619. The van der Waals surface area contributed by atoms with Crippen molar-refractivity contribution in [2.45, 2.75) is 6.04 Å². The monoisotopic (exact) mass is 295 g/mol. The summed E-state index contributed by atoms with van der Waals surface area (Å²) in [7, 11) is 3.06. The Balaban J connectivity index is 2.50. The van der Waals surface area contributed by atoms with Crippen LogP contribution in [-0.4, -0.2) is 14.2 Å². The maximum atomic E-state index is 14.0. The van der Waals surface area contributed by atoms with Crippen LogP contribution in [0.25, 0.3) is 0 Å². The molecule has 0 aliphatic rings. The maximum absolute atomic E-state index is 14.0. The van der Waals surface area contributed by atoms with Crippen LogP contribution in [0.1, 0.15) is 17.2 Å². The molecule has 1 unspecified atom stereocenters. The fraction of sp³-hybridized carbons (Fsp3) is 0.200. The quantitative estimate of drug-likeness (QED) is 0.938. The Morgan fingerprint density at radius 1 is 1.10 bits per heavy atom. The van der Waals surface area contributed by atoms with Gasteiger partial charge >= 0.3 is 0 Å². The topological polar surface area (TPSA) is 44.5 Å². The first-order valence-electron chi connectivity index (χ1n) is 6.00. The van der Waals surface area contributed by atoms with Crippen LogP contribution in [0.5, 0.6) is 11.5 Å². The number of ether oxygens (including phenoxy) is 2. The molecule has 0 aliphatic carbocycles. The highest BCUT2D eigenvalue weighted by Crippen LogP contribution is 2.36. The Morgan fingerprint density at radius 2 is 1.85 bits per heavy atom. The van der Waals surface area contributed by atoms with Gasteiger partial charge in [0.05, 0.1) is 20.3 Å². The molecule has 0 amide bonds. The van der Waals surface area contributed by atoms with E-state index in [1.165, 1.54) is 20.3 Å². The van der Waals surface area contributed by atoms with Gasteiger partial charge in [0, 0.05) is 16.1 Å². The second-order valence-electron chi connectivity index (χ2n) is 4.23. The summed E-state index contributed by atoms with van der Waals surface area (Å²) in [6.45, 7) is 0. The molecule has 106 valence electrons. The molecule has 2 aromatic rings. The van der Waals surface area contributed by atoms with Gasteiger partial charge in [0.2, 0.25) is 0 Å². The number of para-hydroxylation sites is 1. The smallest absolute Gasteiger partial charge is 0.165 e. The van der Waals surface area contributed by atoms with E-state index < -0.39 is 11.9 Å². The molecule has 20 heavy (non-hydrogen) atoms. The molecule has 0 aliphatic heterocycles. The van der Waals surface area contributed by atoms with Crippen molar-refractivity contribution in [3.05, 3.63) is 58.4 Å². The standard InChI is InChI=1S/C15H15ClFNO2/c1-19-13-5-3-4-11(15(13)20-2)14(18)10-7-6-9(16)8-12(10)17/h3-8,14H,18H2,1-2H3. The minimum absolute atomic E-state index is 0.330. The van der Waals surface area contributed by atoms with E-state index in [0.717, 1.165) is 0 Å². The second-order valence-corrected chi connectivity index (χ2v) is 4.66. The van der Waals surface area contributed by atoms with Crippen molar-refractivity contribution in [3.8, 4) is 11.5 Å². The van der Waals surface area contributed by atoms with Crippen LogP contribution in [-0.2, 0) is 0 Å².